The van der Waals surface area contributed by atoms with Crippen LogP contribution in [-0.2, 0) is 13.2 Å². The molecule has 0 fully saturated rings. The number of halogens is 2. The highest BCUT2D eigenvalue weighted by Crippen LogP contribution is 2.37. The van der Waals surface area contributed by atoms with Crippen LogP contribution >= 0.6 is 15.9 Å². The average Bonchev–Trinajstić information content (AvgIpc) is 2.55. The number of benzene rings is 2. The van der Waals surface area contributed by atoms with E-state index in [1.54, 1.807) is 19.2 Å². The molecule has 0 unspecified atom stereocenters. The molecule has 0 aliphatic heterocycles. The fourth-order valence-corrected chi connectivity index (χ4v) is 2.73. The lowest BCUT2D eigenvalue weighted by Crippen LogP contribution is -2.83. The van der Waals surface area contributed by atoms with Crippen LogP contribution in [0.25, 0.3) is 0 Å². The highest BCUT2D eigenvalue weighted by Gasteiger charge is 2.13. The number of hydrogen-bond donors (Lipinski definition) is 2. The van der Waals surface area contributed by atoms with Gasteiger partial charge in [-0.2, -0.15) is 0 Å². The maximum absolute atomic E-state index is 12.9. The van der Waals surface area contributed by atoms with Crippen molar-refractivity contribution in [2.75, 3.05) is 20.3 Å². The van der Waals surface area contributed by atoms with Gasteiger partial charge < -0.3 is 19.9 Å². The Morgan fingerprint density at radius 1 is 1.17 bits per heavy atom. The molecule has 0 heterocycles. The van der Waals surface area contributed by atoms with Gasteiger partial charge in [-0.25, -0.2) is 4.39 Å². The number of aliphatic hydroxyl groups excluding tert-OH is 1. The van der Waals surface area contributed by atoms with E-state index in [4.69, 9.17) is 14.6 Å². The molecule has 0 aliphatic rings. The van der Waals surface area contributed by atoms with Crippen LogP contribution in [-0.4, -0.2) is 25.4 Å². The Morgan fingerprint density at radius 2 is 1.91 bits per heavy atom. The van der Waals surface area contributed by atoms with Crippen molar-refractivity contribution in [1.82, 2.24) is 0 Å². The number of rotatable bonds is 8. The Kier molecular flexibility index (Phi) is 6.83. The first-order valence-electron chi connectivity index (χ1n) is 7.30. The number of aliphatic hydroxyl groups is 1. The normalized spacial score (nSPS) is 10.6. The Hall–Kier alpha value is -1.63. The summed E-state index contributed by atoms with van der Waals surface area (Å²) in [7, 11) is 1.59. The third kappa shape index (κ3) is 5.20. The molecule has 2 rings (SSSR count). The first-order chi connectivity index (χ1) is 11.1. The Balaban J connectivity index is 2.09. The number of nitrogens with two attached hydrogens (primary N) is 1. The molecule has 6 heteroatoms. The van der Waals surface area contributed by atoms with Crippen LogP contribution in [0.5, 0.6) is 11.5 Å². The first-order valence-corrected chi connectivity index (χ1v) is 8.09. The van der Waals surface area contributed by atoms with Crippen molar-refractivity contribution in [2.24, 2.45) is 0 Å². The first kappa shape index (κ1) is 17.7. The predicted octanol–water partition coefficient (Wildman–Crippen LogP) is 2.23. The minimum atomic E-state index is -0.268. The molecule has 124 valence electrons. The van der Waals surface area contributed by atoms with Gasteiger partial charge in [0.1, 0.15) is 19.0 Å². The molecule has 0 saturated carbocycles. The summed E-state index contributed by atoms with van der Waals surface area (Å²) in [6, 6.07) is 10.1. The second-order valence-corrected chi connectivity index (χ2v) is 5.88. The van der Waals surface area contributed by atoms with E-state index < -0.39 is 0 Å². The fraction of sp³-hybridized carbons (Fsp3) is 0.294. The molecule has 0 radical (unpaired) electrons. The minimum Gasteiger partial charge on any atom is -0.493 e. The summed E-state index contributed by atoms with van der Waals surface area (Å²) < 4.78 is 24.9. The van der Waals surface area contributed by atoms with E-state index in [9.17, 15) is 4.39 Å². The van der Waals surface area contributed by atoms with E-state index in [0.717, 1.165) is 22.1 Å². The van der Waals surface area contributed by atoms with Gasteiger partial charge in [0.15, 0.2) is 11.5 Å². The van der Waals surface area contributed by atoms with Gasteiger partial charge in [0.2, 0.25) is 0 Å². The van der Waals surface area contributed by atoms with Crippen molar-refractivity contribution in [1.29, 1.82) is 0 Å². The standard InChI is InChI=1S/C17H19BrFNO3/c1-22-16-9-13(10-20-6-7-21)8-15(18)17(16)23-11-12-2-4-14(19)5-3-12/h2-5,8-9,20-21H,6-7,10-11H2,1H3/p+1. The van der Waals surface area contributed by atoms with Gasteiger partial charge in [0, 0.05) is 5.56 Å². The Morgan fingerprint density at radius 3 is 2.57 bits per heavy atom. The van der Waals surface area contributed by atoms with Gasteiger partial charge in [-0.3, -0.25) is 0 Å². The monoisotopic (exact) mass is 384 g/mol. The zero-order valence-corrected chi connectivity index (χ0v) is 14.5. The third-order valence-corrected chi connectivity index (χ3v) is 3.89. The molecule has 0 spiro atoms. The molecule has 3 N–H and O–H groups in total. The van der Waals surface area contributed by atoms with E-state index in [1.807, 2.05) is 17.4 Å². The van der Waals surface area contributed by atoms with Crippen molar-refractivity contribution in [2.45, 2.75) is 13.2 Å². The highest BCUT2D eigenvalue weighted by atomic mass is 79.9. The van der Waals surface area contributed by atoms with Crippen molar-refractivity contribution in [3.63, 3.8) is 0 Å². The molecule has 23 heavy (non-hydrogen) atoms. The smallest absolute Gasteiger partial charge is 0.175 e. The summed E-state index contributed by atoms with van der Waals surface area (Å²) >= 11 is 3.50. The summed E-state index contributed by atoms with van der Waals surface area (Å²) in [6.45, 7) is 1.87. The van der Waals surface area contributed by atoms with Gasteiger partial charge in [-0.15, -0.1) is 0 Å². The molecule has 0 amide bonds. The lowest BCUT2D eigenvalue weighted by molar-refractivity contribution is -0.671. The van der Waals surface area contributed by atoms with Crippen LogP contribution in [0.4, 0.5) is 4.39 Å². The molecule has 0 saturated heterocycles. The molecular formula is C17H20BrFNO3+. The van der Waals surface area contributed by atoms with Crippen LogP contribution in [0.15, 0.2) is 40.9 Å². The highest BCUT2D eigenvalue weighted by molar-refractivity contribution is 9.10. The summed E-state index contributed by atoms with van der Waals surface area (Å²) in [5.74, 6) is 0.979. The second kappa shape index (κ2) is 8.86. The minimum absolute atomic E-state index is 0.150. The fourth-order valence-electron chi connectivity index (χ4n) is 2.13. The van der Waals surface area contributed by atoms with Gasteiger partial charge in [0.25, 0.3) is 0 Å². The van der Waals surface area contributed by atoms with Crippen LogP contribution in [0.1, 0.15) is 11.1 Å². The van der Waals surface area contributed by atoms with Crippen LogP contribution in [0, 0.1) is 5.82 Å². The summed E-state index contributed by atoms with van der Waals surface area (Å²) in [6.07, 6.45) is 0. The maximum Gasteiger partial charge on any atom is 0.175 e. The zero-order chi connectivity index (χ0) is 16.7. The van der Waals surface area contributed by atoms with Crippen molar-refractivity contribution in [3.05, 3.63) is 57.8 Å². The van der Waals surface area contributed by atoms with E-state index in [2.05, 4.69) is 15.9 Å². The lowest BCUT2D eigenvalue weighted by Gasteiger charge is -2.14. The van der Waals surface area contributed by atoms with Gasteiger partial charge in [-0.1, -0.05) is 12.1 Å². The second-order valence-electron chi connectivity index (χ2n) is 5.03. The maximum atomic E-state index is 12.9. The van der Waals surface area contributed by atoms with E-state index in [1.165, 1.54) is 12.1 Å². The molecular weight excluding hydrogens is 365 g/mol. The molecule has 4 nitrogen and oxygen atoms in total. The van der Waals surface area contributed by atoms with Crippen LogP contribution in [0.3, 0.4) is 0 Å². The number of methoxy groups -OCH3 is 1. The molecule has 2 aromatic rings. The number of quaternary nitrogens is 1. The molecule has 0 bridgehead atoms. The average molecular weight is 385 g/mol. The summed E-state index contributed by atoms with van der Waals surface area (Å²) in [5.41, 5.74) is 1.94. The van der Waals surface area contributed by atoms with Crippen molar-refractivity contribution < 1.29 is 24.3 Å². The van der Waals surface area contributed by atoms with Crippen LogP contribution in [0.2, 0.25) is 0 Å². The summed E-state index contributed by atoms with van der Waals surface area (Å²) in [4.78, 5) is 0. The quantitative estimate of drug-likeness (QED) is 0.686. The lowest BCUT2D eigenvalue weighted by atomic mass is 10.2. The van der Waals surface area contributed by atoms with Gasteiger partial charge in [0.05, 0.1) is 24.7 Å². The van der Waals surface area contributed by atoms with Gasteiger partial charge in [-0.05, 0) is 45.8 Å². The number of ether oxygens (including phenoxy) is 2. The largest absolute Gasteiger partial charge is 0.493 e. The number of hydrogen-bond acceptors (Lipinski definition) is 3. The zero-order valence-electron chi connectivity index (χ0n) is 12.9. The van der Waals surface area contributed by atoms with E-state index in [0.29, 0.717) is 24.7 Å². The van der Waals surface area contributed by atoms with Crippen molar-refractivity contribution >= 4 is 15.9 Å². The van der Waals surface area contributed by atoms with E-state index >= 15 is 0 Å². The SMILES string of the molecule is COc1cc(C[NH2+]CCO)cc(Br)c1OCc1ccc(F)cc1. The molecule has 0 aromatic heterocycles. The van der Waals surface area contributed by atoms with E-state index in [-0.39, 0.29) is 12.4 Å². The molecule has 2 aromatic carbocycles. The Labute approximate surface area is 143 Å². The molecule has 0 atom stereocenters. The predicted molar refractivity (Wildman–Crippen MR) is 89.0 cm³/mol. The third-order valence-electron chi connectivity index (χ3n) is 3.30. The topological polar surface area (TPSA) is 55.3 Å². The van der Waals surface area contributed by atoms with Gasteiger partial charge >= 0.3 is 0 Å². The molecule has 0 aliphatic carbocycles. The summed E-state index contributed by atoms with van der Waals surface area (Å²) in [5, 5.41) is 10.8. The van der Waals surface area contributed by atoms with Crippen molar-refractivity contribution in [3.8, 4) is 11.5 Å². The van der Waals surface area contributed by atoms with Crippen LogP contribution < -0.4 is 14.8 Å². The Bertz CT molecular complexity index is 634.